The Kier molecular flexibility index (Phi) is 4.10. The minimum atomic E-state index is -3.65. The van der Waals surface area contributed by atoms with Gasteiger partial charge in [-0.15, -0.1) is 0 Å². The highest BCUT2D eigenvalue weighted by Gasteiger charge is 2.18. The van der Waals surface area contributed by atoms with Gasteiger partial charge in [-0.3, -0.25) is 0 Å². The van der Waals surface area contributed by atoms with Crippen LogP contribution in [-0.4, -0.2) is 24.4 Å². The van der Waals surface area contributed by atoms with Gasteiger partial charge in [0, 0.05) is 12.5 Å². The van der Waals surface area contributed by atoms with E-state index >= 15 is 0 Å². The van der Waals surface area contributed by atoms with E-state index in [0.717, 1.165) is 5.76 Å². The van der Waals surface area contributed by atoms with E-state index in [0.29, 0.717) is 23.9 Å². The Balaban J connectivity index is 1.72. The van der Waals surface area contributed by atoms with Crippen molar-refractivity contribution in [3.63, 3.8) is 0 Å². The first kappa shape index (κ1) is 15.6. The smallest absolute Gasteiger partial charge is 0.323 e. The fourth-order valence-corrected chi connectivity index (χ4v) is 3.69. The fraction of sp³-hybridized carbons (Fsp3) is 0.267. The molecular formula is C15H17N3O4S. The molecule has 2 heterocycles. The van der Waals surface area contributed by atoms with E-state index in [1.807, 2.05) is 6.07 Å². The van der Waals surface area contributed by atoms with Crippen LogP contribution >= 0.6 is 0 Å². The summed E-state index contributed by atoms with van der Waals surface area (Å²) in [7, 11) is -3.65. The molecule has 0 spiro atoms. The number of rotatable bonds is 6. The van der Waals surface area contributed by atoms with E-state index in [4.69, 9.17) is 4.42 Å². The molecule has 2 aromatic heterocycles. The zero-order valence-corrected chi connectivity index (χ0v) is 13.3. The molecular weight excluding hydrogens is 318 g/mol. The Morgan fingerprint density at radius 3 is 2.74 bits per heavy atom. The molecule has 0 saturated carbocycles. The summed E-state index contributed by atoms with van der Waals surface area (Å²) in [6.07, 6.45) is 2.87. The molecule has 1 aromatic carbocycles. The largest absolute Gasteiger partial charge is 0.469 e. The summed E-state index contributed by atoms with van der Waals surface area (Å²) in [5, 5.41) is 0. The van der Waals surface area contributed by atoms with Crippen molar-refractivity contribution in [3.05, 3.63) is 52.8 Å². The monoisotopic (exact) mass is 335 g/mol. The lowest BCUT2D eigenvalue weighted by atomic mass is 10.2. The van der Waals surface area contributed by atoms with Crippen LogP contribution in [0.3, 0.4) is 0 Å². The summed E-state index contributed by atoms with van der Waals surface area (Å²) in [6, 6.07) is 7.89. The van der Waals surface area contributed by atoms with Crippen LogP contribution in [0, 0.1) is 0 Å². The lowest BCUT2D eigenvalue weighted by Gasteiger charge is -2.13. The van der Waals surface area contributed by atoms with Gasteiger partial charge in [0.1, 0.15) is 5.76 Å². The first-order valence-electron chi connectivity index (χ1n) is 7.21. The Hall–Kier alpha value is -2.32. The van der Waals surface area contributed by atoms with Gasteiger partial charge in [0.2, 0.25) is 10.0 Å². The molecule has 0 saturated heterocycles. The standard InChI is InChI=1S/C15H17N3O4S/c1-10(4-5-11-3-2-8-22-11)18-23(20,21)12-6-7-13-14(9-12)17-15(19)16-13/h2-3,6-10,18H,4-5H2,1H3,(H2,16,17,19)/t10-/m1/s1. The number of aromatic amines is 2. The van der Waals surface area contributed by atoms with E-state index in [1.54, 1.807) is 25.3 Å². The molecule has 23 heavy (non-hydrogen) atoms. The second-order valence-corrected chi connectivity index (χ2v) is 7.14. The molecule has 0 aliphatic carbocycles. The van der Waals surface area contributed by atoms with Crippen molar-refractivity contribution < 1.29 is 12.8 Å². The van der Waals surface area contributed by atoms with E-state index in [2.05, 4.69) is 14.7 Å². The summed E-state index contributed by atoms with van der Waals surface area (Å²) < 4.78 is 32.7. The van der Waals surface area contributed by atoms with Crippen LogP contribution in [0.15, 0.2) is 50.7 Å². The van der Waals surface area contributed by atoms with Crippen LogP contribution in [0.1, 0.15) is 19.1 Å². The highest BCUT2D eigenvalue weighted by Crippen LogP contribution is 2.16. The molecule has 0 aliphatic heterocycles. The van der Waals surface area contributed by atoms with Gasteiger partial charge in [-0.25, -0.2) is 17.9 Å². The summed E-state index contributed by atoms with van der Waals surface area (Å²) >= 11 is 0. The maximum Gasteiger partial charge on any atom is 0.323 e. The number of benzene rings is 1. The van der Waals surface area contributed by atoms with E-state index in [1.165, 1.54) is 12.1 Å². The maximum atomic E-state index is 12.4. The van der Waals surface area contributed by atoms with Gasteiger partial charge >= 0.3 is 5.69 Å². The molecule has 3 rings (SSSR count). The van der Waals surface area contributed by atoms with Crippen LogP contribution in [-0.2, 0) is 16.4 Å². The van der Waals surface area contributed by atoms with Gasteiger partial charge < -0.3 is 14.4 Å². The number of imidazole rings is 1. The third-order valence-corrected chi connectivity index (χ3v) is 5.15. The average Bonchev–Trinajstić information content (AvgIpc) is 3.11. The Morgan fingerprint density at radius 2 is 2.00 bits per heavy atom. The van der Waals surface area contributed by atoms with Crippen molar-refractivity contribution in [1.29, 1.82) is 0 Å². The van der Waals surface area contributed by atoms with Crippen molar-refractivity contribution >= 4 is 21.1 Å². The van der Waals surface area contributed by atoms with Gasteiger partial charge in [-0.05, 0) is 43.7 Å². The predicted octanol–water partition coefficient (Wildman–Crippen LogP) is 1.75. The van der Waals surface area contributed by atoms with Gasteiger partial charge in [0.15, 0.2) is 0 Å². The SMILES string of the molecule is C[C@H](CCc1ccco1)NS(=O)(=O)c1ccc2[nH]c(=O)[nH]c2c1. The molecule has 1 atom stereocenters. The molecule has 3 N–H and O–H groups in total. The predicted molar refractivity (Wildman–Crippen MR) is 85.7 cm³/mol. The van der Waals surface area contributed by atoms with Crippen LogP contribution in [0.2, 0.25) is 0 Å². The molecule has 0 radical (unpaired) electrons. The van der Waals surface area contributed by atoms with Gasteiger partial charge in [-0.1, -0.05) is 0 Å². The normalized spacial score (nSPS) is 13.4. The molecule has 3 aromatic rings. The number of hydrogen-bond acceptors (Lipinski definition) is 4. The van der Waals surface area contributed by atoms with Crippen LogP contribution < -0.4 is 10.4 Å². The molecule has 0 amide bonds. The molecule has 122 valence electrons. The minimum absolute atomic E-state index is 0.116. The summed E-state index contributed by atoms with van der Waals surface area (Å²) in [5.74, 6) is 0.822. The van der Waals surface area contributed by atoms with Crippen molar-refractivity contribution in [3.8, 4) is 0 Å². The third-order valence-electron chi connectivity index (χ3n) is 3.56. The number of fused-ring (bicyclic) bond motifs is 1. The molecule has 0 unspecified atom stereocenters. The van der Waals surface area contributed by atoms with Crippen LogP contribution in [0.4, 0.5) is 0 Å². The van der Waals surface area contributed by atoms with Crippen molar-refractivity contribution in [2.75, 3.05) is 0 Å². The van der Waals surface area contributed by atoms with E-state index < -0.39 is 10.0 Å². The van der Waals surface area contributed by atoms with E-state index in [-0.39, 0.29) is 16.6 Å². The quantitative estimate of drug-likeness (QED) is 0.637. The zero-order valence-electron chi connectivity index (χ0n) is 12.5. The topological polar surface area (TPSA) is 108 Å². The average molecular weight is 335 g/mol. The Bertz CT molecular complexity index is 954. The zero-order chi connectivity index (χ0) is 16.4. The maximum absolute atomic E-state index is 12.4. The lowest BCUT2D eigenvalue weighted by molar-refractivity contribution is 0.480. The minimum Gasteiger partial charge on any atom is -0.469 e. The van der Waals surface area contributed by atoms with Gasteiger partial charge in [-0.2, -0.15) is 0 Å². The van der Waals surface area contributed by atoms with Crippen molar-refractivity contribution in [1.82, 2.24) is 14.7 Å². The second-order valence-electron chi connectivity index (χ2n) is 5.43. The Labute approximate surface area is 132 Å². The van der Waals surface area contributed by atoms with Crippen molar-refractivity contribution in [2.45, 2.75) is 30.7 Å². The van der Waals surface area contributed by atoms with E-state index in [9.17, 15) is 13.2 Å². The second kappa shape index (κ2) is 6.05. The Morgan fingerprint density at radius 1 is 1.22 bits per heavy atom. The van der Waals surface area contributed by atoms with Gasteiger partial charge in [0.05, 0.1) is 22.2 Å². The van der Waals surface area contributed by atoms with Crippen molar-refractivity contribution in [2.24, 2.45) is 0 Å². The molecule has 8 heteroatoms. The first-order valence-corrected chi connectivity index (χ1v) is 8.69. The first-order chi connectivity index (χ1) is 10.9. The molecule has 0 fully saturated rings. The molecule has 0 bridgehead atoms. The number of aromatic nitrogens is 2. The highest BCUT2D eigenvalue weighted by molar-refractivity contribution is 7.89. The number of nitrogens with one attached hydrogen (secondary N) is 3. The van der Waals surface area contributed by atoms with Gasteiger partial charge in [0.25, 0.3) is 0 Å². The third kappa shape index (κ3) is 3.54. The summed E-state index contributed by atoms with van der Waals surface area (Å²) in [4.78, 5) is 16.5. The van der Waals surface area contributed by atoms with Crippen LogP contribution in [0.5, 0.6) is 0 Å². The number of hydrogen-bond donors (Lipinski definition) is 3. The molecule has 0 aliphatic rings. The fourth-order valence-electron chi connectivity index (χ4n) is 2.38. The number of sulfonamides is 1. The highest BCUT2D eigenvalue weighted by atomic mass is 32.2. The summed E-state index contributed by atoms with van der Waals surface area (Å²) in [6.45, 7) is 1.80. The molecule has 7 nitrogen and oxygen atoms in total. The lowest BCUT2D eigenvalue weighted by Crippen LogP contribution is -2.32. The summed E-state index contributed by atoms with van der Waals surface area (Å²) in [5.41, 5.74) is 0.662. The van der Waals surface area contributed by atoms with Crippen LogP contribution in [0.25, 0.3) is 11.0 Å². The number of furan rings is 1. The number of H-pyrrole nitrogens is 2. The number of aryl methyl sites for hydroxylation is 1.